The molecular weight excluding hydrogens is 450 g/mol. The van der Waals surface area contributed by atoms with Crippen LogP contribution < -0.4 is 5.32 Å². The molecule has 5 rings (SSSR count). The number of nitrogens with zero attached hydrogens (tertiary/aromatic N) is 4. The van der Waals surface area contributed by atoms with Gasteiger partial charge in [-0.05, 0) is 69.5 Å². The molecule has 184 valence electrons. The number of amides is 2. The zero-order chi connectivity index (χ0) is 25.1. The van der Waals surface area contributed by atoms with Crippen LogP contribution in [0.2, 0.25) is 0 Å². The van der Waals surface area contributed by atoms with Crippen molar-refractivity contribution in [2.75, 3.05) is 18.4 Å². The third kappa shape index (κ3) is 5.00. The van der Waals surface area contributed by atoms with Gasteiger partial charge in [-0.15, -0.1) is 0 Å². The van der Waals surface area contributed by atoms with Crippen molar-refractivity contribution in [2.24, 2.45) is 5.92 Å². The van der Waals surface area contributed by atoms with Gasteiger partial charge >= 0.3 is 0 Å². The monoisotopic (exact) mass is 481 g/mol. The molecule has 7 heteroatoms. The molecule has 7 nitrogen and oxygen atoms in total. The van der Waals surface area contributed by atoms with Gasteiger partial charge in [-0.1, -0.05) is 23.8 Å². The average Bonchev–Trinajstić information content (AvgIpc) is 3.44. The van der Waals surface area contributed by atoms with E-state index in [1.54, 1.807) is 12.5 Å². The highest BCUT2D eigenvalue weighted by atomic mass is 16.2. The predicted molar refractivity (Wildman–Crippen MR) is 140 cm³/mol. The van der Waals surface area contributed by atoms with Gasteiger partial charge in [-0.3, -0.25) is 14.6 Å². The van der Waals surface area contributed by atoms with Crippen LogP contribution in [-0.4, -0.2) is 44.3 Å². The number of hydrogen-bond acceptors (Lipinski definition) is 4. The minimum atomic E-state index is -0.167. The van der Waals surface area contributed by atoms with Crippen LogP contribution in [0, 0.1) is 12.8 Å². The number of pyridine rings is 1. The quantitative estimate of drug-likeness (QED) is 0.517. The van der Waals surface area contributed by atoms with Gasteiger partial charge in [-0.2, -0.15) is 0 Å². The molecule has 36 heavy (non-hydrogen) atoms. The van der Waals surface area contributed by atoms with Gasteiger partial charge in [0.1, 0.15) is 0 Å². The van der Waals surface area contributed by atoms with E-state index in [4.69, 9.17) is 4.98 Å². The number of carbonyl (C=O) groups excluding carboxylic acids is 2. The summed E-state index contributed by atoms with van der Waals surface area (Å²) in [6, 6.07) is 11.4. The molecule has 0 bridgehead atoms. The Morgan fingerprint density at radius 3 is 2.50 bits per heavy atom. The number of imidazole rings is 1. The van der Waals surface area contributed by atoms with E-state index in [1.807, 2.05) is 72.0 Å². The van der Waals surface area contributed by atoms with Crippen LogP contribution in [0.4, 0.5) is 5.69 Å². The molecule has 1 atom stereocenters. The molecule has 1 aromatic carbocycles. The van der Waals surface area contributed by atoms with Crippen LogP contribution in [0.15, 0.2) is 78.9 Å². The molecule has 1 aliphatic heterocycles. The minimum Gasteiger partial charge on any atom is -0.342 e. The summed E-state index contributed by atoms with van der Waals surface area (Å²) in [6.45, 7) is 5.33. The summed E-state index contributed by atoms with van der Waals surface area (Å²) < 4.78 is 1.91. The smallest absolute Gasteiger partial charge is 0.257 e. The Bertz CT molecular complexity index is 1300. The fourth-order valence-electron chi connectivity index (χ4n) is 5.00. The standard InChI is InChI=1S/C29H31N5O2/c1-20-5-3-4-6-25(20)29(36)33-16-13-22(14-17-33)27-26(12-7-21(2)31-27)28(35)32-23-8-10-24(11-9-23)34-18-15-30-19-34/h4-12,15,18-19,22,25H,3,13-14,16-17H2,1-2H3,(H,32,35). The summed E-state index contributed by atoms with van der Waals surface area (Å²) in [5.41, 5.74) is 5.12. The first-order valence-electron chi connectivity index (χ1n) is 12.5. The third-order valence-corrected chi connectivity index (χ3v) is 7.09. The minimum absolute atomic E-state index is 0.136. The predicted octanol–water partition coefficient (Wildman–Crippen LogP) is 5.06. The van der Waals surface area contributed by atoms with Gasteiger partial charge in [0.25, 0.3) is 5.91 Å². The number of allylic oxidation sites excluding steroid dienone is 2. The number of carbonyl (C=O) groups is 2. The molecule has 2 aliphatic rings. The zero-order valence-electron chi connectivity index (χ0n) is 20.7. The first kappa shape index (κ1) is 23.7. The molecule has 3 aromatic rings. The maximum absolute atomic E-state index is 13.3. The fourth-order valence-corrected chi connectivity index (χ4v) is 5.00. The number of aryl methyl sites for hydroxylation is 1. The second kappa shape index (κ2) is 10.3. The summed E-state index contributed by atoms with van der Waals surface area (Å²) >= 11 is 0. The van der Waals surface area contributed by atoms with Gasteiger partial charge in [0.2, 0.25) is 5.91 Å². The summed E-state index contributed by atoms with van der Waals surface area (Å²) in [7, 11) is 0. The molecule has 3 heterocycles. The van der Waals surface area contributed by atoms with Crippen molar-refractivity contribution >= 4 is 17.5 Å². The van der Waals surface area contributed by atoms with Crippen LogP contribution in [0.1, 0.15) is 53.8 Å². The van der Waals surface area contributed by atoms with Crippen molar-refractivity contribution in [2.45, 2.75) is 39.0 Å². The number of anilines is 1. The topological polar surface area (TPSA) is 80.1 Å². The number of nitrogens with one attached hydrogen (secondary N) is 1. The maximum Gasteiger partial charge on any atom is 0.257 e. The van der Waals surface area contributed by atoms with Crippen molar-refractivity contribution in [3.8, 4) is 5.69 Å². The number of rotatable bonds is 5. The van der Waals surface area contributed by atoms with E-state index in [2.05, 4.69) is 22.5 Å². The van der Waals surface area contributed by atoms with E-state index in [1.165, 1.54) is 0 Å². The Hall–Kier alpha value is -4.00. The lowest BCUT2D eigenvalue weighted by atomic mass is 9.88. The lowest BCUT2D eigenvalue weighted by Gasteiger charge is -2.34. The Morgan fingerprint density at radius 2 is 1.81 bits per heavy atom. The van der Waals surface area contributed by atoms with Crippen molar-refractivity contribution in [1.29, 1.82) is 0 Å². The Kier molecular flexibility index (Phi) is 6.80. The lowest BCUT2D eigenvalue weighted by molar-refractivity contribution is -0.134. The number of piperidine rings is 1. The van der Waals surface area contributed by atoms with E-state index >= 15 is 0 Å². The first-order valence-corrected chi connectivity index (χ1v) is 12.5. The Balaban J connectivity index is 1.27. The first-order chi connectivity index (χ1) is 17.5. The molecule has 1 N–H and O–H groups in total. The van der Waals surface area contributed by atoms with Crippen LogP contribution in [0.3, 0.4) is 0 Å². The summed E-state index contributed by atoms with van der Waals surface area (Å²) in [5, 5.41) is 3.02. The van der Waals surface area contributed by atoms with Crippen molar-refractivity contribution in [1.82, 2.24) is 19.4 Å². The van der Waals surface area contributed by atoms with Crippen LogP contribution in [0.25, 0.3) is 5.69 Å². The summed E-state index contributed by atoms with van der Waals surface area (Å²) in [4.78, 5) is 37.2. The van der Waals surface area contributed by atoms with Gasteiger partial charge in [-0.25, -0.2) is 4.98 Å². The molecule has 0 saturated carbocycles. The highest BCUT2D eigenvalue weighted by Gasteiger charge is 2.31. The van der Waals surface area contributed by atoms with E-state index < -0.39 is 0 Å². The van der Waals surface area contributed by atoms with Crippen LogP contribution in [-0.2, 0) is 4.79 Å². The van der Waals surface area contributed by atoms with Crippen molar-refractivity contribution in [3.63, 3.8) is 0 Å². The second-order valence-corrected chi connectivity index (χ2v) is 9.55. The van der Waals surface area contributed by atoms with E-state index in [0.29, 0.717) is 18.7 Å². The van der Waals surface area contributed by atoms with Gasteiger partial charge in [0.05, 0.1) is 23.5 Å². The molecule has 0 spiro atoms. The Morgan fingerprint density at radius 1 is 1.03 bits per heavy atom. The van der Waals surface area contributed by atoms with Crippen LogP contribution in [0.5, 0.6) is 0 Å². The van der Waals surface area contributed by atoms with Gasteiger partial charge in [0.15, 0.2) is 0 Å². The molecule has 1 aliphatic carbocycles. The fraction of sp³-hybridized carbons (Fsp3) is 0.310. The normalized spacial score (nSPS) is 18.1. The van der Waals surface area contributed by atoms with Crippen molar-refractivity contribution < 1.29 is 9.59 Å². The van der Waals surface area contributed by atoms with Crippen molar-refractivity contribution in [3.05, 3.63) is 95.9 Å². The number of hydrogen-bond donors (Lipinski definition) is 1. The molecular formula is C29H31N5O2. The molecule has 0 radical (unpaired) electrons. The molecule has 1 unspecified atom stereocenters. The summed E-state index contributed by atoms with van der Waals surface area (Å²) in [5.74, 6) is -0.00213. The zero-order valence-corrected chi connectivity index (χ0v) is 20.7. The molecule has 1 fully saturated rings. The third-order valence-electron chi connectivity index (χ3n) is 7.09. The maximum atomic E-state index is 13.3. The number of benzene rings is 1. The number of likely N-dealkylation sites (tertiary alicyclic amines) is 1. The van der Waals surface area contributed by atoms with Gasteiger partial charge in [0, 0.05) is 48.5 Å². The molecule has 2 amide bonds. The SMILES string of the molecule is CC1=CCC=CC1C(=O)N1CCC(c2nc(C)ccc2C(=O)Nc2ccc(-n3ccnc3)cc2)CC1. The average molecular weight is 482 g/mol. The molecule has 1 saturated heterocycles. The van der Waals surface area contributed by atoms with E-state index in [9.17, 15) is 9.59 Å². The van der Waals surface area contributed by atoms with E-state index in [0.717, 1.165) is 47.6 Å². The van der Waals surface area contributed by atoms with Gasteiger partial charge < -0.3 is 14.8 Å². The highest BCUT2D eigenvalue weighted by Crippen LogP contribution is 2.31. The lowest BCUT2D eigenvalue weighted by Crippen LogP contribution is -2.41. The number of aromatic nitrogens is 3. The summed E-state index contributed by atoms with van der Waals surface area (Å²) in [6.07, 6.45) is 14.0. The molecule has 2 aromatic heterocycles. The second-order valence-electron chi connectivity index (χ2n) is 9.55. The van der Waals surface area contributed by atoms with E-state index in [-0.39, 0.29) is 23.7 Å². The van der Waals surface area contributed by atoms with Crippen LogP contribution >= 0.6 is 0 Å². The largest absolute Gasteiger partial charge is 0.342 e. The Labute approximate surface area is 211 Å². The highest BCUT2D eigenvalue weighted by molar-refractivity contribution is 6.05.